The van der Waals surface area contributed by atoms with Crippen molar-refractivity contribution in [3.8, 4) is 0 Å². The predicted octanol–water partition coefficient (Wildman–Crippen LogP) is 5.38. The van der Waals surface area contributed by atoms with Crippen molar-refractivity contribution < 1.29 is 9.59 Å². The van der Waals surface area contributed by atoms with Gasteiger partial charge >= 0.3 is 0 Å². The topological polar surface area (TPSA) is 58.2 Å². The van der Waals surface area contributed by atoms with Crippen molar-refractivity contribution in [3.63, 3.8) is 0 Å². The number of halogens is 1. The van der Waals surface area contributed by atoms with E-state index >= 15 is 0 Å². The van der Waals surface area contributed by atoms with Gasteiger partial charge in [0.2, 0.25) is 5.91 Å². The lowest BCUT2D eigenvalue weighted by Gasteiger charge is -2.18. The molecule has 0 aliphatic heterocycles. The highest BCUT2D eigenvalue weighted by atomic mass is 35.5. The van der Waals surface area contributed by atoms with E-state index in [0.29, 0.717) is 22.7 Å². The van der Waals surface area contributed by atoms with E-state index in [0.717, 1.165) is 11.3 Å². The van der Waals surface area contributed by atoms with Gasteiger partial charge in [-0.15, -0.1) is 11.8 Å². The van der Waals surface area contributed by atoms with Crippen molar-refractivity contribution in [2.24, 2.45) is 0 Å². The molecule has 0 heterocycles. The standard InChI is InChI=1S/C21H25ClN2O2S/c1-4-14(3)23-20(25)17-8-6-7-9-18(17)24-21(26)19(5-2)27-16-12-10-15(22)11-13-16/h6-14,19H,4-5H2,1-3H3,(H,23,25)(H,24,26)/t14-,19-/m0/s1. The summed E-state index contributed by atoms with van der Waals surface area (Å²) in [6, 6.07) is 14.6. The van der Waals surface area contributed by atoms with Gasteiger partial charge in [0.1, 0.15) is 0 Å². The Labute approximate surface area is 170 Å². The Morgan fingerprint density at radius 1 is 1.04 bits per heavy atom. The molecule has 0 aliphatic carbocycles. The SMILES string of the molecule is CC[C@H](Sc1ccc(Cl)cc1)C(=O)Nc1ccccc1C(=O)N[C@@H](C)CC. The molecule has 0 spiro atoms. The Hall–Kier alpha value is -1.98. The molecule has 4 nitrogen and oxygen atoms in total. The Morgan fingerprint density at radius 2 is 1.70 bits per heavy atom. The first kappa shape index (κ1) is 21.3. The molecule has 0 aromatic heterocycles. The van der Waals surface area contributed by atoms with Gasteiger partial charge in [0.05, 0.1) is 16.5 Å². The van der Waals surface area contributed by atoms with Gasteiger partial charge in [0, 0.05) is 16.0 Å². The van der Waals surface area contributed by atoms with E-state index in [4.69, 9.17) is 11.6 Å². The van der Waals surface area contributed by atoms with Gasteiger partial charge in [-0.05, 0) is 56.2 Å². The lowest BCUT2D eigenvalue weighted by Crippen LogP contribution is -2.33. The van der Waals surface area contributed by atoms with Gasteiger partial charge in [-0.1, -0.05) is 37.6 Å². The molecule has 2 N–H and O–H groups in total. The van der Waals surface area contributed by atoms with Crippen LogP contribution in [0.1, 0.15) is 44.0 Å². The van der Waals surface area contributed by atoms with Crippen LogP contribution in [0.15, 0.2) is 53.4 Å². The number of benzene rings is 2. The number of amides is 2. The van der Waals surface area contributed by atoms with E-state index in [2.05, 4.69) is 10.6 Å². The molecule has 0 saturated heterocycles. The molecule has 2 atom stereocenters. The highest BCUT2D eigenvalue weighted by molar-refractivity contribution is 8.00. The summed E-state index contributed by atoms with van der Waals surface area (Å²) < 4.78 is 0. The summed E-state index contributed by atoms with van der Waals surface area (Å²) in [7, 11) is 0. The highest BCUT2D eigenvalue weighted by Crippen LogP contribution is 2.28. The number of para-hydroxylation sites is 1. The number of carbonyl (C=O) groups excluding carboxylic acids is 2. The summed E-state index contributed by atoms with van der Waals surface area (Å²) in [5, 5.41) is 6.26. The smallest absolute Gasteiger partial charge is 0.253 e. The van der Waals surface area contributed by atoms with Crippen molar-refractivity contribution >= 4 is 40.9 Å². The van der Waals surface area contributed by atoms with Gasteiger partial charge < -0.3 is 10.6 Å². The summed E-state index contributed by atoms with van der Waals surface area (Å²) in [6.45, 7) is 5.93. The minimum Gasteiger partial charge on any atom is -0.350 e. The van der Waals surface area contributed by atoms with Gasteiger partial charge in [0.25, 0.3) is 5.91 Å². The predicted molar refractivity (Wildman–Crippen MR) is 114 cm³/mol. The molecule has 2 aromatic carbocycles. The Kier molecular flexibility index (Phi) is 8.20. The molecule has 2 aromatic rings. The maximum atomic E-state index is 12.8. The van der Waals surface area contributed by atoms with Crippen molar-refractivity contribution in [3.05, 3.63) is 59.1 Å². The zero-order valence-corrected chi connectivity index (χ0v) is 17.4. The van der Waals surface area contributed by atoms with Crippen molar-refractivity contribution in [1.29, 1.82) is 0 Å². The molecule has 2 amide bonds. The summed E-state index contributed by atoms with van der Waals surface area (Å²) in [4.78, 5) is 26.3. The van der Waals surface area contributed by atoms with E-state index < -0.39 is 0 Å². The third kappa shape index (κ3) is 6.29. The first-order chi connectivity index (χ1) is 12.9. The summed E-state index contributed by atoms with van der Waals surface area (Å²) in [5.74, 6) is -0.306. The summed E-state index contributed by atoms with van der Waals surface area (Å²) in [6.07, 6.45) is 1.51. The highest BCUT2D eigenvalue weighted by Gasteiger charge is 2.21. The maximum Gasteiger partial charge on any atom is 0.253 e. The Morgan fingerprint density at radius 3 is 2.33 bits per heavy atom. The molecular formula is C21H25ClN2O2S. The van der Waals surface area contributed by atoms with Crippen molar-refractivity contribution in [2.75, 3.05) is 5.32 Å². The van der Waals surface area contributed by atoms with Crippen molar-refractivity contribution in [1.82, 2.24) is 5.32 Å². The number of hydrogen-bond donors (Lipinski definition) is 2. The maximum absolute atomic E-state index is 12.8. The zero-order valence-electron chi connectivity index (χ0n) is 15.8. The number of carbonyl (C=O) groups is 2. The van der Waals surface area contributed by atoms with Crippen LogP contribution in [0.3, 0.4) is 0 Å². The normalized spacial score (nSPS) is 12.9. The van der Waals surface area contributed by atoms with Crippen LogP contribution in [0.5, 0.6) is 0 Å². The third-order valence-corrected chi connectivity index (χ3v) is 5.80. The Balaban J connectivity index is 2.11. The fraction of sp³-hybridized carbons (Fsp3) is 0.333. The molecule has 144 valence electrons. The molecule has 0 saturated carbocycles. The Bertz CT molecular complexity index is 780. The van der Waals surface area contributed by atoms with Crippen LogP contribution in [0.4, 0.5) is 5.69 Å². The minimum absolute atomic E-state index is 0.0742. The quantitative estimate of drug-likeness (QED) is 0.581. The fourth-order valence-corrected chi connectivity index (χ4v) is 3.49. The average Bonchev–Trinajstić information content (AvgIpc) is 2.67. The van der Waals surface area contributed by atoms with Gasteiger partial charge in [0.15, 0.2) is 0 Å². The first-order valence-corrected chi connectivity index (χ1v) is 10.3. The second kappa shape index (κ2) is 10.4. The molecule has 27 heavy (non-hydrogen) atoms. The first-order valence-electron chi connectivity index (χ1n) is 9.07. The molecule has 0 fully saturated rings. The zero-order chi connectivity index (χ0) is 19.8. The minimum atomic E-state index is -0.267. The van der Waals surface area contributed by atoms with E-state index in [1.165, 1.54) is 11.8 Å². The third-order valence-electron chi connectivity index (χ3n) is 4.17. The molecule has 2 rings (SSSR count). The largest absolute Gasteiger partial charge is 0.350 e. The van der Waals surface area contributed by atoms with Crippen LogP contribution in [-0.4, -0.2) is 23.1 Å². The van der Waals surface area contributed by atoms with Crippen LogP contribution in [0, 0.1) is 0 Å². The molecular weight excluding hydrogens is 380 g/mol. The average molecular weight is 405 g/mol. The van der Waals surface area contributed by atoms with Crippen molar-refractivity contribution in [2.45, 2.75) is 49.8 Å². The van der Waals surface area contributed by atoms with E-state index in [1.54, 1.807) is 18.2 Å². The molecule has 0 unspecified atom stereocenters. The number of anilines is 1. The number of nitrogens with one attached hydrogen (secondary N) is 2. The molecule has 0 radical (unpaired) electrons. The number of hydrogen-bond acceptors (Lipinski definition) is 3. The molecule has 6 heteroatoms. The van der Waals surface area contributed by atoms with Crippen LogP contribution >= 0.6 is 23.4 Å². The van der Waals surface area contributed by atoms with Crippen LogP contribution < -0.4 is 10.6 Å². The van der Waals surface area contributed by atoms with Gasteiger partial charge in [-0.25, -0.2) is 0 Å². The monoisotopic (exact) mass is 404 g/mol. The van der Waals surface area contributed by atoms with Crippen LogP contribution in [-0.2, 0) is 4.79 Å². The summed E-state index contributed by atoms with van der Waals surface area (Å²) in [5.41, 5.74) is 0.996. The van der Waals surface area contributed by atoms with E-state index in [9.17, 15) is 9.59 Å². The summed E-state index contributed by atoms with van der Waals surface area (Å²) >= 11 is 7.40. The second-order valence-corrected chi connectivity index (χ2v) is 8.00. The fourth-order valence-electron chi connectivity index (χ4n) is 2.41. The second-order valence-electron chi connectivity index (χ2n) is 6.29. The molecule has 0 aliphatic rings. The van der Waals surface area contributed by atoms with Gasteiger partial charge in [-0.3, -0.25) is 9.59 Å². The molecule has 0 bridgehead atoms. The number of rotatable bonds is 8. The lowest BCUT2D eigenvalue weighted by atomic mass is 10.1. The van der Waals surface area contributed by atoms with Crippen LogP contribution in [0.2, 0.25) is 5.02 Å². The van der Waals surface area contributed by atoms with Gasteiger partial charge in [-0.2, -0.15) is 0 Å². The van der Waals surface area contributed by atoms with Crippen LogP contribution in [0.25, 0.3) is 0 Å². The van der Waals surface area contributed by atoms with E-state index in [1.807, 2.05) is 51.1 Å². The van der Waals surface area contributed by atoms with E-state index in [-0.39, 0.29) is 23.1 Å². The number of thioether (sulfide) groups is 1. The lowest BCUT2D eigenvalue weighted by molar-refractivity contribution is -0.115.